The van der Waals surface area contributed by atoms with E-state index in [0.717, 1.165) is 44.1 Å². The third-order valence-corrected chi connectivity index (χ3v) is 7.75. The first-order valence-corrected chi connectivity index (χ1v) is 15.2. The average molecular weight is 603 g/mol. The van der Waals surface area contributed by atoms with Gasteiger partial charge in [0.15, 0.2) is 34.7 Å². The van der Waals surface area contributed by atoms with Crippen LogP contribution in [0.25, 0.3) is 5.57 Å². The number of benzene rings is 3. The lowest BCUT2D eigenvalue weighted by molar-refractivity contribution is 0.271. The first-order valence-electron chi connectivity index (χ1n) is 15.2. The predicted octanol–water partition coefficient (Wildman–Crippen LogP) is 10.5. The van der Waals surface area contributed by atoms with E-state index in [0.29, 0.717) is 43.6 Å². The fourth-order valence-electron chi connectivity index (χ4n) is 5.16. The second kappa shape index (κ2) is 15.8. The van der Waals surface area contributed by atoms with Crippen molar-refractivity contribution in [1.29, 1.82) is 0 Å². The molecule has 3 aromatic rings. The van der Waals surface area contributed by atoms with Gasteiger partial charge in [-0.1, -0.05) is 57.7 Å². The molecule has 4 rings (SSSR count). The summed E-state index contributed by atoms with van der Waals surface area (Å²) in [6.07, 6.45) is 9.00. The van der Waals surface area contributed by atoms with Gasteiger partial charge in [0, 0.05) is 5.56 Å². The summed E-state index contributed by atoms with van der Waals surface area (Å²) < 4.78 is 89.6. The van der Waals surface area contributed by atoms with Crippen LogP contribution in [0.3, 0.4) is 0 Å². The first kappa shape index (κ1) is 32.4. The van der Waals surface area contributed by atoms with E-state index >= 15 is 0 Å². The number of rotatable bonds is 15. The molecule has 0 fully saturated rings. The highest BCUT2D eigenvalue weighted by Crippen LogP contribution is 2.39. The van der Waals surface area contributed by atoms with Crippen molar-refractivity contribution in [2.24, 2.45) is 0 Å². The standard InChI is InChI=1S/C35H39F5O3/c1-3-5-7-8-20-42-30-17-14-26(32(37)34(30)39)22-43-29-16-13-25(21-28(29)36)23-9-11-24(12-10-23)27-15-18-31(35(40)33(27)38)41-19-6-4-2/h9,13-18,21,24H,3-8,10-12,19-20,22H2,1-2H3. The Morgan fingerprint density at radius 3 is 2.02 bits per heavy atom. The molecule has 232 valence electrons. The molecule has 3 aromatic carbocycles. The molecule has 1 atom stereocenters. The normalized spacial score (nSPS) is 14.9. The molecule has 0 N–H and O–H groups in total. The molecule has 0 heterocycles. The topological polar surface area (TPSA) is 27.7 Å². The third-order valence-electron chi connectivity index (χ3n) is 7.75. The van der Waals surface area contributed by atoms with Crippen molar-refractivity contribution in [2.75, 3.05) is 13.2 Å². The minimum atomic E-state index is -1.09. The number of hydrogen-bond donors (Lipinski definition) is 0. The molecule has 8 heteroatoms. The van der Waals surface area contributed by atoms with Gasteiger partial charge in [0.25, 0.3) is 0 Å². The van der Waals surface area contributed by atoms with Gasteiger partial charge in [0.1, 0.15) is 6.61 Å². The quantitative estimate of drug-likeness (QED) is 0.128. The van der Waals surface area contributed by atoms with Crippen molar-refractivity contribution in [2.45, 2.75) is 84.2 Å². The van der Waals surface area contributed by atoms with Gasteiger partial charge in [-0.3, -0.25) is 0 Å². The summed E-state index contributed by atoms with van der Waals surface area (Å²) in [5.74, 6) is -5.19. The van der Waals surface area contributed by atoms with Crippen LogP contribution in [0, 0.1) is 29.1 Å². The third kappa shape index (κ3) is 8.30. The van der Waals surface area contributed by atoms with Crippen LogP contribution in [0.4, 0.5) is 22.0 Å². The molecule has 0 saturated heterocycles. The molecule has 0 aromatic heterocycles. The molecule has 43 heavy (non-hydrogen) atoms. The van der Waals surface area contributed by atoms with E-state index in [-0.39, 0.29) is 35.3 Å². The van der Waals surface area contributed by atoms with Gasteiger partial charge >= 0.3 is 0 Å². The SMILES string of the molecule is CCCCCCOc1ccc(COc2ccc(C3=CCC(c4ccc(OCCCC)c(F)c4F)CC3)cc2F)c(F)c1F. The van der Waals surface area contributed by atoms with Gasteiger partial charge < -0.3 is 14.2 Å². The van der Waals surface area contributed by atoms with Crippen molar-refractivity contribution in [3.8, 4) is 17.2 Å². The van der Waals surface area contributed by atoms with Crippen LogP contribution < -0.4 is 14.2 Å². The van der Waals surface area contributed by atoms with Crippen LogP contribution in [0.1, 0.15) is 94.2 Å². The Balaban J connectivity index is 1.35. The fraction of sp³-hybridized carbons (Fsp3) is 0.429. The number of allylic oxidation sites excluding steroid dienone is 2. The van der Waals surface area contributed by atoms with Crippen molar-refractivity contribution in [1.82, 2.24) is 0 Å². The maximum absolute atomic E-state index is 14.9. The summed E-state index contributed by atoms with van der Waals surface area (Å²) >= 11 is 0. The van der Waals surface area contributed by atoms with Crippen LogP contribution >= 0.6 is 0 Å². The maximum atomic E-state index is 14.9. The van der Waals surface area contributed by atoms with Crippen LogP contribution in [0.15, 0.2) is 48.5 Å². The molecule has 0 amide bonds. The van der Waals surface area contributed by atoms with Crippen molar-refractivity contribution < 1.29 is 36.2 Å². The highest BCUT2D eigenvalue weighted by molar-refractivity contribution is 5.67. The van der Waals surface area contributed by atoms with Gasteiger partial charge in [-0.05, 0) is 85.1 Å². The number of ether oxygens (including phenoxy) is 3. The van der Waals surface area contributed by atoms with E-state index in [4.69, 9.17) is 14.2 Å². The molecular weight excluding hydrogens is 563 g/mol. The fourth-order valence-corrected chi connectivity index (χ4v) is 5.16. The monoisotopic (exact) mass is 602 g/mol. The molecule has 1 aliphatic carbocycles. The van der Waals surface area contributed by atoms with E-state index in [1.54, 1.807) is 12.1 Å². The zero-order chi connectivity index (χ0) is 30.8. The summed E-state index contributed by atoms with van der Waals surface area (Å²) in [5.41, 5.74) is 1.79. The second-order valence-corrected chi connectivity index (χ2v) is 10.9. The van der Waals surface area contributed by atoms with Gasteiger partial charge in [0.05, 0.1) is 13.2 Å². The largest absolute Gasteiger partial charge is 0.490 e. The summed E-state index contributed by atoms with van der Waals surface area (Å²) in [6.45, 7) is 4.35. The summed E-state index contributed by atoms with van der Waals surface area (Å²) in [7, 11) is 0. The predicted molar refractivity (Wildman–Crippen MR) is 158 cm³/mol. The molecule has 3 nitrogen and oxygen atoms in total. The Bertz CT molecular complexity index is 1400. The van der Waals surface area contributed by atoms with Crippen LogP contribution in [-0.2, 0) is 6.61 Å². The number of halogens is 5. The molecule has 0 spiro atoms. The lowest BCUT2D eigenvalue weighted by atomic mass is 9.82. The lowest BCUT2D eigenvalue weighted by Crippen LogP contribution is -2.09. The number of hydrogen-bond acceptors (Lipinski definition) is 3. The van der Waals surface area contributed by atoms with Crippen LogP contribution in [0.2, 0.25) is 0 Å². The Labute approximate surface area is 250 Å². The second-order valence-electron chi connectivity index (χ2n) is 10.9. The first-order chi connectivity index (χ1) is 20.8. The highest BCUT2D eigenvalue weighted by Gasteiger charge is 2.24. The zero-order valence-electron chi connectivity index (χ0n) is 24.8. The molecular formula is C35H39F5O3. The summed E-state index contributed by atoms with van der Waals surface area (Å²) in [4.78, 5) is 0. The minimum Gasteiger partial charge on any atom is -0.490 e. The Morgan fingerprint density at radius 1 is 0.674 bits per heavy atom. The molecule has 0 radical (unpaired) electrons. The summed E-state index contributed by atoms with van der Waals surface area (Å²) in [5, 5.41) is 0. The van der Waals surface area contributed by atoms with E-state index in [1.807, 2.05) is 13.0 Å². The van der Waals surface area contributed by atoms with Gasteiger partial charge in [-0.2, -0.15) is 8.78 Å². The van der Waals surface area contributed by atoms with Gasteiger partial charge in [-0.25, -0.2) is 13.2 Å². The summed E-state index contributed by atoms with van der Waals surface area (Å²) in [6, 6.07) is 10.3. The van der Waals surface area contributed by atoms with E-state index in [9.17, 15) is 22.0 Å². The Morgan fingerprint density at radius 2 is 1.35 bits per heavy atom. The molecule has 1 aliphatic rings. The van der Waals surface area contributed by atoms with Crippen molar-refractivity contribution in [3.05, 3.63) is 94.3 Å². The molecule has 0 bridgehead atoms. The van der Waals surface area contributed by atoms with E-state index in [1.165, 1.54) is 30.3 Å². The molecule has 0 aliphatic heterocycles. The van der Waals surface area contributed by atoms with Crippen LogP contribution in [0.5, 0.6) is 17.2 Å². The van der Waals surface area contributed by atoms with Crippen molar-refractivity contribution >= 4 is 5.57 Å². The Hall–Kier alpha value is -3.55. The van der Waals surface area contributed by atoms with Crippen LogP contribution in [-0.4, -0.2) is 13.2 Å². The van der Waals surface area contributed by atoms with Gasteiger partial charge in [0.2, 0.25) is 11.6 Å². The smallest absolute Gasteiger partial charge is 0.201 e. The lowest BCUT2D eigenvalue weighted by Gasteiger charge is -2.23. The molecule has 0 saturated carbocycles. The molecule has 1 unspecified atom stereocenters. The average Bonchev–Trinajstić information content (AvgIpc) is 3.01. The van der Waals surface area contributed by atoms with Gasteiger partial charge in [-0.15, -0.1) is 0 Å². The number of unbranched alkanes of at least 4 members (excludes halogenated alkanes) is 4. The minimum absolute atomic E-state index is 0.0513. The zero-order valence-corrected chi connectivity index (χ0v) is 24.8. The van der Waals surface area contributed by atoms with E-state index < -0.39 is 29.1 Å². The van der Waals surface area contributed by atoms with Crippen molar-refractivity contribution in [3.63, 3.8) is 0 Å². The highest BCUT2D eigenvalue weighted by atomic mass is 19.2. The van der Waals surface area contributed by atoms with E-state index in [2.05, 4.69) is 6.92 Å². The Kier molecular flexibility index (Phi) is 11.9. The maximum Gasteiger partial charge on any atom is 0.201 e.